The lowest BCUT2D eigenvalue weighted by molar-refractivity contribution is 0.309. The fourth-order valence-electron chi connectivity index (χ4n) is 0.866. The zero-order valence-electron chi connectivity index (χ0n) is 7.66. The molecule has 0 aliphatic heterocycles. The zero-order valence-corrected chi connectivity index (χ0v) is 8.47. The van der Waals surface area contributed by atoms with Crippen LogP contribution in [0.15, 0.2) is 5.16 Å². The molecule has 0 atom stereocenters. The van der Waals surface area contributed by atoms with Gasteiger partial charge in [0.2, 0.25) is 0 Å². The molecular formula is C7H17N3OS. The van der Waals surface area contributed by atoms with E-state index in [1.165, 1.54) is 0 Å². The van der Waals surface area contributed by atoms with Gasteiger partial charge in [-0.3, -0.25) is 4.90 Å². The highest BCUT2D eigenvalue weighted by Crippen LogP contribution is 1.96. The smallest absolute Gasteiger partial charge is 0.153 e. The average molecular weight is 191 g/mol. The second kappa shape index (κ2) is 7.24. The van der Waals surface area contributed by atoms with Crippen LogP contribution in [0, 0.1) is 0 Å². The molecule has 72 valence electrons. The Morgan fingerprint density at radius 2 is 2.33 bits per heavy atom. The number of nitrogens with two attached hydrogens (primary N) is 1. The summed E-state index contributed by atoms with van der Waals surface area (Å²) in [5, 5.41) is 11.2. The first-order valence-corrected chi connectivity index (χ1v) is 5.24. The third kappa shape index (κ3) is 6.30. The Balaban J connectivity index is 3.39. The Labute approximate surface area is 77.8 Å². The molecule has 0 fully saturated rings. The van der Waals surface area contributed by atoms with Crippen molar-refractivity contribution in [3.63, 3.8) is 0 Å². The van der Waals surface area contributed by atoms with Crippen LogP contribution in [0.1, 0.15) is 6.42 Å². The Morgan fingerprint density at radius 1 is 1.67 bits per heavy atom. The fourth-order valence-corrected chi connectivity index (χ4v) is 1.28. The van der Waals surface area contributed by atoms with E-state index in [2.05, 4.69) is 11.4 Å². The summed E-state index contributed by atoms with van der Waals surface area (Å²) < 4.78 is 0. The molecule has 0 aromatic heterocycles. The quantitative estimate of drug-likeness (QED) is 0.210. The van der Waals surface area contributed by atoms with Crippen LogP contribution in [0.4, 0.5) is 0 Å². The summed E-state index contributed by atoms with van der Waals surface area (Å²) in [6, 6.07) is 0. The third-order valence-corrected chi connectivity index (χ3v) is 2.15. The standard InChI is InChI=1S/C7H17N3OS/c1-10(4-3-5-12-2)6-7(8)9-11/h11H,3-6H2,1-2H3,(H2,8,9). The molecule has 0 unspecified atom stereocenters. The Morgan fingerprint density at radius 3 is 2.83 bits per heavy atom. The maximum atomic E-state index is 8.29. The molecule has 0 saturated heterocycles. The predicted octanol–water partition coefficient (Wildman–Crippen LogP) is 0.418. The van der Waals surface area contributed by atoms with Crippen LogP contribution in [0.25, 0.3) is 0 Å². The van der Waals surface area contributed by atoms with Crippen molar-refractivity contribution >= 4 is 17.6 Å². The van der Waals surface area contributed by atoms with E-state index in [0.29, 0.717) is 6.54 Å². The van der Waals surface area contributed by atoms with E-state index in [4.69, 9.17) is 10.9 Å². The van der Waals surface area contributed by atoms with Gasteiger partial charge >= 0.3 is 0 Å². The normalized spacial score (nSPS) is 12.4. The summed E-state index contributed by atoms with van der Waals surface area (Å²) in [6.07, 6.45) is 3.22. The number of oxime groups is 1. The Hall–Kier alpha value is -0.420. The first kappa shape index (κ1) is 11.6. The first-order chi connectivity index (χ1) is 5.70. The van der Waals surface area contributed by atoms with E-state index in [1.54, 1.807) is 0 Å². The second-order valence-corrected chi connectivity index (χ2v) is 3.66. The van der Waals surface area contributed by atoms with Crippen molar-refractivity contribution < 1.29 is 5.21 Å². The van der Waals surface area contributed by atoms with Crippen LogP contribution in [-0.2, 0) is 0 Å². The number of hydrogen-bond acceptors (Lipinski definition) is 4. The van der Waals surface area contributed by atoms with Gasteiger partial charge in [-0.1, -0.05) is 5.16 Å². The SMILES string of the molecule is CSCCCN(C)CC(N)=NO. The highest BCUT2D eigenvalue weighted by Gasteiger charge is 2.00. The van der Waals surface area contributed by atoms with Gasteiger partial charge in [-0.05, 0) is 32.0 Å². The molecule has 0 radical (unpaired) electrons. The van der Waals surface area contributed by atoms with Gasteiger partial charge in [0.15, 0.2) is 5.84 Å². The van der Waals surface area contributed by atoms with Crippen molar-refractivity contribution in [2.45, 2.75) is 6.42 Å². The van der Waals surface area contributed by atoms with E-state index in [0.717, 1.165) is 18.7 Å². The predicted molar refractivity (Wildman–Crippen MR) is 53.9 cm³/mol. The van der Waals surface area contributed by atoms with Gasteiger partial charge in [-0.15, -0.1) is 0 Å². The first-order valence-electron chi connectivity index (χ1n) is 3.84. The molecular weight excluding hydrogens is 174 g/mol. The average Bonchev–Trinajstić information content (AvgIpc) is 2.05. The number of amidine groups is 1. The maximum Gasteiger partial charge on any atom is 0.153 e. The van der Waals surface area contributed by atoms with E-state index in [-0.39, 0.29) is 5.84 Å². The summed E-state index contributed by atoms with van der Waals surface area (Å²) >= 11 is 1.83. The summed E-state index contributed by atoms with van der Waals surface area (Å²) in [4.78, 5) is 2.03. The zero-order chi connectivity index (χ0) is 9.40. The van der Waals surface area contributed by atoms with Crippen LogP contribution in [0.2, 0.25) is 0 Å². The van der Waals surface area contributed by atoms with Crippen LogP contribution >= 0.6 is 11.8 Å². The maximum absolute atomic E-state index is 8.29. The van der Waals surface area contributed by atoms with Crippen molar-refractivity contribution in [2.24, 2.45) is 10.9 Å². The number of nitrogens with zero attached hydrogens (tertiary/aromatic N) is 2. The van der Waals surface area contributed by atoms with Crippen molar-refractivity contribution in [2.75, 3.05) is 32.1 Å². The van der Waals surface area contributed by atoms with Crippen molar-refractivity contribution in [3.8, 4) is 0 Å². The van der Waals surface area contributed by atoms with Crippen LogP contribution in [-0.4, -0.2) is 48.1 Å². The molecule has 0 heterocycles. The molecule has 12 heavy (non-hydrogen) atoms. The van der Waals surface area contributed by atoms with E-state index in [9.17, 15) is 0 Å². The van der Waals surface area contributed by atoms with Gasteiger partial charge < -0.3 is 10.9 Å². The molecule has 0 aliphatic rings. The van der Waals surface area contributed by atoms with E-state index >= 15 is 0 Å². The molecule has 0 spiro atoms. The highest BCUT2D eigenvalue weighted by molar-refractivity contribution is 7.98. The Kier molecular flexibility index (Phi) is 6.99. The topological polar surface area (TPSA) is 61.8 Å². The molecule has 0 saturated carbocycles. The minimum Gasteiger partial charge on any atom is -0.409 e. The number of likely N-dealkylation sites (N-methyl/N-ethyl adjacent to an activating group) is 1. The highest BCUT2D eigenvalue weighted by atomic mass is 32.2. The van der Waals surface area contributed by atoms with Crippen molar-refractivity contribution in [1.29, 1.82) is 0 Å². The van der Waals surface area contributed by atoms with Gasteiger partial charge in [-0.2, -0.15) is 11.8 Å². The number of rotatable bonds is 6. The molecule has 0 aromatic carbocycles. The molecule has 0 rings (SSSR count). The summed E-state index contributed by atoms with van der Waals surface area (Å²) in [5.41, 5.74) is 5.33. The second-order valence-electron chi connectivity index (χ2n) is 2.68. The lowest BCUT2D eigenvalue weighted by Gasteiger charge is -2.14. The summed E-state index contributed by atoms with van der Waals surface area (Å²) in [7, 11) is 1.96. The van der Waals surface area contributed by atoms with Crippen LogP contribution in [0.3, 0.4) is 0 Å². The van der Waals surface area contributed by atoms with Gasteiger partial charge in [0.1, 0.15) is 0 Å². The summed E-state index contributed by atoms with van der Waals surface area (Å²) in [6.45, 7) is 1.52. The molecule has 0 amide bonds. The van der Waals surface area contributed by atoms with Crippen LogP contribution in [0.5, 0.6) is 0 Å². The van der Waals surface area contributed by atoms with Crippen LogP contribution < -0.4 is 5.73 Å². The molecule has 4 nitrogen and oxygen atoms in total. The summed E-state index contributed by atoms with van der Waals surface area (Å²) in [5.74, 6) is 1.42. The van der Waals surface area contributed by atoms with Crippen molar-refractivity contribution in [1.82, 2.24) is 4.90 Å². The number of hydrogen-bond donors (Lipinski definition) is 2. The van der Waals surface area contributed by atoms with Gasteiger partial charge in [-0.25, -0.2) is 0 Å². The largest absolute Gasteiger partial charge is 0.409 e. The van der Waals surface area contributed by atoms with E-state index < -0.39 is 0 Å². The molecule has 3 N–H and O–H groups in total. The molecule has 0 aromatic rings. The van der Waals surface area contributed by atoms with Gasteiger partial charge in [0.25, 0.3) is 0 Å². The Bertz CT molecular complexity index is 141. The van der Waals surface area contributed by atoms with Gasteiger partial charge in [0, 0.05) is 0 Å². The minimum absolute atomic E-state index is 0.265. The fraction of sp³-hybridized carbons (Fsp3) is 0.857. The third-order valence-electron chi connectivity index (χ3n) is 1.45. The lowest BCUT2D eigenvalue weighted by Crippen LogP contribution is -2.31. The van der Waals surface area contributed by atoms with E-state index in [1.807, 2.05) is 23.7 Å². The molecule has 0 bridgehead atoms. The monoisotopic (exact) mass is 191 g/mol. The number of thioether (sulfide) groups is 1. The minimum atomic E-state index is 0.265. The lowest BCUT2D eigenvalue weighted by atomic mass is 10.4. The molecule has 0 aliphatic carbocycles. The molecule has 5 heteroatoms. The van der Waals surface area contributed by atoms with Crippen molar-refractivity contribution in [3.05, 3.63) is 0 Å². The van der Waals surface area contributed by atoms with Gasteiger partial charge in [0.05, 0.1) is 6.54 Å².